The number of hydrogen-bond donors (Lipinski definition) is 0. The van der Waals surface area contributed by atoms with Gasteiger partial charge in [-0.2, -0.15) is 0 Å². The Bertz CT molecular complexity index is 953. The molecule has 3 atom stereocenters. The first-order valence-corrected chi connectivity index (χ1v) is 10.1. The second-order valence-corrected chi connectivity index (χ2v) is 8.46. The van der Waals surface area contributed by atoms with Crippen LogP contribution in [0.25, 0.3) is 0 Å². The highest BCUT2D eigenvalue weighted by Gasteiger charge is 2.44. The number of rotatable bonds is 4. The van der Waals surface area contributed by atoms with E-state index in [0.29, 0.717) is 5.25 Å². The Hall–Kier alpha value is -2.60. The van der Waals surface area contributed by atoms with Gasteiger partial charge in [0.1, 0.15) is 6.04 Å². The Morgan fingerprint density at radius 2 is 2.07 bits per heavy atom. The van der Waals surface area contributed by atoms with Gasteiger partial charge in [0.2, 0.25) is 0 Å². The molecule has 0 bridgehead atoms. The molecule has 0 amide bonds. The van der Waals surface area contributed by atoms with E-state index in [2.05, 4.69) is 56.8 Å². The first kappa shape index (κ1) is 16.6. The lowest BCUT2D eigenvalue weighted by molar-refractivity contribution is 0.308. The maximum absolute atomic E-state index is 5.07. The zero-order chi connectivity index (χ0) is 18.2. The monoisotopic (exact) mass is 375 g/mol. The van der Waals surface area contributed by atoms with Crippen molar-refractivity contribution in [1.82, 2.24) is 19.4 Å². The van der Waals surface area contributed by atoms with E-state index in [-0.39, 0.29) is 12.1 Å². The summed E-state index contributed by atoms with van der Waals surface area (Å²) < 4.78 is 2.32. The largest absolute Gasteiger partial charge is 0.345 e. The van der Waals surface area contributed by atoms with Crippen LogP contribution in [0.1, 0.15) is 36.0 Å². The predicted molar refractivity (Wildman–Crippen MR) is 109 cm³/mol. The minimum Gasteiger partial charge on any atom is -0.345 e. The van der Waals surface area contributed by atoms with E-state index in [0.717, 1.165) is 24.0 Å². The Morgan fingerprint density at radius 3 is 2.89 bits per heavy atom. The summed E-state index contributed by atoms with van der Waals surface area (Å²) in [6.45, 7) is 4.11. The van der Waals surface area contributed by atoms with Gasteiger partial charge in [-0.25, -0.2) is 0 Å². The molecule has 0 spiro atoms. The van der Waals surface area contributed by atoms with Crippen LogP contribution in [-0.4, -0.2) is 36.4 Å². The molecule has 3 aromatic heterocycles. The second kappa shape index (κ2) is 6.85. The fourth-order valence-electron chi connectivity index (χ4n) is 3.97. The molecule has 1 fully saturated rings. The van der Waals surface area contributed by atoms with Gasteiger partial charge in [-0.05, 0) is 35.9 Å². The average Bonchev–Trinajstić information content (AvgIpc) is 3.37. The molecule has 2 aliphatic rings. The van der Waals surface area contributed by atoms with Gasteiger partial charge in [0.05, 0.1) is 11.7 Å². The van der Waals surface area contributed by atoms with Crippen molar-refractivity contribution in [1.29, 1.82) is 0 Å². The number of hydrogen-bond acceptors (Lipinski definition) is 5. The quantitative estimate of drug-likeness (QED) is 0.693. The minimum absolute atomic E-state index is 0.0312. The minimum atomic E-state index is 0.0312. The summed E-state index contributed by atoms with van der Waals surface area (Å²) in [4.78, 5) is 16.4. The van der Waals surface area contributed by atoms with Crippen molar-refractivity contribution < 1.29 is 0 Å². The number of fused-ring (bicyclic) bond motifs is 1. The highest BCUT2D eigenvalue weighted by Crippen LogP contribution is 2.47. The SMILES string of the molecule is C[C@@H]1CN2C(=N[C@@H](c3ccccn3)[C@H]2c2cccn2Cc2cccnc2)S1. The van der Waals surface area contributed by atoms with Crippen LogP contribution in [0.4, 0.5) is 0 Å². The Balaban J connectivity index is 1.53. The molecule has 0 aliphatic carbocycles. The van der Waals surface area contributed by atoms with Gasteiger partial charge >= 0.3 is 0 Å². The lowest BCUT2D eigenvalue weighted by Gasteiger charge is -2.28. The van der Waals surface area contributed by atoms with Crippen molar-refractivity contribution in [3.05, 3.63) is 84.2 Å². The summed E-state index contributed by atoms with van der Waals surface area (Å²) >= 11 is 1.87. The maximum Gasteiger partial charge on any atom is 0.160 e. The van der Waals surface area contributed by atoms with Crippen molar-refractivity contribution in [2.24, 2.45) is 4.99 Å². The normalized spacial score (nSPS) is 24.1. The number of nitrogens with zero attached hydrogens (tertiary/aromatic N) is 5. The highest BCUT2D eigenvalue weighted by molar-refractivity contribution is 8.14. The summed E-state index contributed by atoms with van der Waals surface area (Å²) in [6.07, 6.45) is 7.77. The van der Waals surface area contributed by atoms with Gasteiger partial charge in [0.25, 0.3) is 0 Å². The third-order valence-corrected chi connectivity index (χ3v) is 6.23. The third-order valence-electron chi connectivity index (χ3n) is 5.12. The molecule has 0 radical (unpaired) electrons. The number of amidine groups is 1. The lowest BCUT2D eigenvalue weighted by atomic mass is 10.0. The Morgan fingerprint density at radius 1 is 1.11 bits per heavy atom. The third kappa shape index (κ3) is 3.04. The van der Waals surface area contributed by atoms with Crippen LogP contribution in [0.3, 0.4) is 0 Å². The fraction of sp³-hybridized carbons (Fsp3) is 0.286. The van der Waals surface area contributed by atoms with Crippen LogP contribution < -0.4 is 0 Å². The molecule has 5 rings (SSSR count). The van der Waals surface area contributed by atoms with Crippen LogP contribution in [0.2, 0.25) is 0 Å². The average molecular weight is 376 g/mol. The van der Waals surface area contributed by atoms with Crippen LogP contribution >= 0.6 is 11.8 Å². The molecule has 5 nitrogen and oxygen atoms in total. The highest BCUT2D eigenvalue weighted by atomic mass is 32.2. The van der Waals surface area contributed by atoms with Crippen molar-refractivity contribution in [3.63, 3.8) is 0 Å². The van der Waals surface area contributed by atoms with Gasteiger partial charge in [0, 0.05) is 48.8 Å². The van der Waals surface area contributed by atoms with Crippen LogP contribution in [0.5, 0.6) is 0 Å². The van der Waals surface area contributed by atoms with Crippen LogP contribution in [0, 0.1) is 0 Å². The predicted octanol–water partition coefficient (Wildman–Crippen LogP) is 3.92. The first-order chi connectivity index (χ1) is 13.3. The lowest BCUT2D eigenvalue weighted by Crippen LogP contribution is -2.30. The second-order valence-electron chi connectivity index (χ2n) is 7.06. The number of thioether (sulfide) groups is 1. The summed E-state index contributed by atoms with van der Waals surface area (Å²) in [5, 5.41) is 1.72. The molecule has 6 heteroatoms. The molecule has 3 aromatic rings. The molecular weight excluding hydrogens is 354 g/mol. The van der Waals surface area contributed by atoms with Crippen LogP contribution in [0.15, 0.2) is 72.2 Å². The standard InChI is InChI=1S/C21H21N5S/c1-15-13-26-20(19(24-21(26)27-15)17-7-2-3-10-23-17)18-8-5-11-25(18)14-16-6-4-9-22-12-16/h2-12,15,19-20H,13-14H2,1H3/t15-,19+,20-/m1/s1. The molecule has 27 heavy (non-hydrogen) atoms. The van der Waals surface area contributed by atoms with E-state index >= 15 is 0 Å². The summed E-state index contributed by atoms with van der Waals surface area (Å²) in [5.41, 5.74) is 3.52. The molecule has 0 saturated carbocycles. The van der Waals surface area contributed by atoms with Crippen molar-refractivity contribution in [2.45, 2.75) is 30.8 Å². The van der Waals surface area contributed by atoms with Gasteiger partial charge in [-0.15, -0.1) is 0 Å². The molecule has 0 unspecified atom stereocenters. The molecule has 2 aliphatic heterocycles. The van der Waals surface area contributed by atoms with E-state index < -0.39 is 0 Å². The van der Waals surface area contributed by atoms with Gasteiger partial charge < -0.3 is 9.47 Å². The van der Waals surface area contributed by atoms with Gasteiger partial charge in [-0.1, -0.05) is 30.8 Å². The zero-order valence-electron chi connectivity index (χ0n) is 15.1. The maximum atomic E-state index is 5.07. The number of aromatic nitrogens is 3. The molecule has 0 N–H and O–H groups in total. The van der Waals surface area contributed by atoms with Crippen molar-refractivity contribution in [3.8, 4) is 0 Å². The van der Waals surface area contributed by atoms with E-state index in [1.165, 1.54) is 11.3 Å². The fourth-order valence-corrected chi connectivity index (χ4v) is 5.06. The Labute approximate surface area is 163 Å². The van der Waals surface area contributed by atoms with Crippen LogP contribution in [-0.2, 0) is 6.54 Å². The van der Waals surface area contributed by atoms with Gasteiger partial charge in [-0.3, -0.25) is 15.0 Å². The molecule has 1 saturated heterocycles. The molecule has 136 valence electrons. The summed E-state index contributed by atoms with van der Waals surface area (Å²) in [5.74, 6) is 0. The molecule has 0 aromatic carbocycles. The van der Waals surface area contributed by atoms with E-state index in [1.807, 2.05) is 48.6 Å². The molecular formula is C21H21N5S. The first-order valence-electron chi connectivity index (χ1n) is 9.25. The topological polar surface area (TPSA) is 46.3 Å². The van der Waals surface area contributed by atoms with Crippen molar-refractivity contribution in [2.75, 3.05) is 6.54 Å². The summed E-state index contributed by atoms with van der Waals surface area (Å²) in [7, 11) is 0. The number of aliphatic imine (C=N–C) groups is 1. The summed E-state index contributed by atoms with van der Waals surface area (Å²) in [6, 6.07) is 14.8. The van der Waals surface area contributed by atoms with E-state index in [4.69, 9.17) is 4.99 Å². The van der Waals surface area contributed by atoms with E-state index in [1.54, 1.807) is 0 Å². The smallest absolute Gasteiger partial charge is 0.160 e. The molecule has 5 heterocycles. The van der Waals surface area contributed by atoms with E-state index in [9.17, 15) is 0 Å². The van der Waals surface area contributed by atoms with Crippen molar-refractivity contribution >= 4 is 16.9 Å². The number of pyridine rings is 2. The Kier molecular flexibility index (Phi) is 4.20. The zero-order valence-corrected chi connectivity index (χ0v) is 16.0. The van der Waals surface area contributed by atoms with Gasteiger partial charge in [0.15, 0.2) is 5.17 Å².